The zero-order valence-electron chi connectivity index (χ0n) is 15.3. The van der Waals surface area contributed by atoms with Crippen molar-refractivity contribution in [2.75, 3.05) is 11.9 Å². The smallest absolute Gasteiger partial charge is 0.206 e. The summed E-state index contributed by atoms with van der Waals surface area (Å²) in [6, 6.07) is 7.79. The van der Waals surface area contributed by atoms with Gasteiger partial charge in [-0.05, 0) is 49.1 Å². The highest BCUT2D eigenvalue weighted by atomic mass is 32.1. The maximum Gasteiger partial charge on any atom is 0.206 e. The predicted octanol–water partition coefficient (Wildman–Crippen LogP) is 4.92. The Bertz CT molecular complexity index is 985. The number of aromatic nitrogens is 3. The minimum Gasteiger partial charge on any atom is -0.359 e. The molecule has 1 fully saturated rings. The molecular formula is C20H19F3N4S. The van der Waals surface area contributed by atoms with Crippen LogP contribution in [-0.4, -0.2) is 27.9 Å². The Morgan fingerprint density at radius 1 is 1.18 bits per heavy atom. The van der Waals surface area contributed by atoms with Crippen molar-refractivity contribution >= 4 is 16.5 Å². The Morgan fingerprint density at radius 2 is 2.00 bits per heavy atom. The van der Waals surface area contributed by atoms with Crippen molar-refractivity contribution in [3.05, 3.63) is 59.4 Å². The summed E-state index contributed by atoms with van der Waals surface area (Å²) in [5.41, 5.74) is 0.962. The van der Waals surface area contributed by atoms with Crippen LogP contribution in [0.4, 0.5) is 18.3 Å². The Labute approximate surface area is 164 Å². The lowest BCUT2D eigenvalue weighted by Crippen LogP contribution is -2.48. The predicted molar refractivity (Wildman–Crippen MR) is 103 cm³/mol. The van der Waals surface area contributed by atoms with Crippen LogP contribution in [-0.2, 0) is 11.8 Å². The zero-order valence-corrected chi connectivity index (χ0v) is 16.1. The molecule has 1 aliphatic rings. The number of halogens is 3. The standard InChI is InChI=1S/C20H19F3N4S/c1-2-12-5-6-15(22)14(8-12)18-26-27-19(28-18)25-11-20(9-13(21)10-20)17-16(23)4-3-7-24-17/h3-8,13H,2,9-11H2,1H3,(H,25,27). The van der Waals surface area contributed by atoms with Crippen molar-refractivity contribution in [3.63, 3.8) is 0 Å². The van der Waals surface area contributed by atoms with Gasteiger partial charge >= 0.3 is 0 Å². The highest BCUT2D eigenvalue weighted by molar-refractivity contribution is 7.18. The van der Waals surface area contributed by atoms with Crippen molar-refractivity contribution in [1.29, 1.82) is 0 Å². The molecule has 3 aromatic rings. The number of alkyl halides is 1. The van der Waals surface area contributed by atoms with Crippen LogP contribution in [0.2, 0.25) is 0 Å². The van der Waals surface area contributed by atoms with Crippen LogP contribution in [0.25, 0.3) is 10.6 Å². The summed E-state index contributed by atoms with van der Waals surface area (Å²) in [7, 11) is 0. The highest BCUT2D eigenvalue weighted by Crippen LogP contribution is 2.45. The molecule has 0 radical (unpaired) electrons. The monoisotopic (exact) mass is 404 g/mol. The number of benzene rings is 1. The van der Waals surface area contributed by atoms with E-state index in [1.165, 1.54) is 35.7 Å². The molecular weight excluding hydrogens is 385 g/mol. The third kappa shape index (κ3) is 3.48. The average molecular weight is 404 g/mol. The second kappa shape index (κ2) is 7.50. The molecule has 0 bridgehead atoms. The number of nitrogens with zero attached hydrogens (tertiary/aromatic N) is 3. The molecule has 4 nitrogen and oxygen atoms in total. The number of hydrogen-bond acceptors (Lipinski definition) is 5. The molecule has 0 amide bonds. The van der Waals surface area contributed by atoms with Gasteiger partial charge in [0.05, 0.1) is 5.69 Å². The van der Waals surface area contributed by atoms with Gasteiger partial charge in [-0.15, -0.1) is 10.2 Å². The quantitative estimate of drug-likeness (QED) is 0.633. The van der Waals surface area contributed by atoms with E-state index >= 15 is 0 Å². The van der Waals surface area contributed by atoms with E-state index in [-0.39, 0.29) is 30.9 Å². The van der Waals surface area contributed by atoms with Crippen LogP contribution in [0.3, 0.4) is 0 Å². The van der Waals surface area contributed by atoms with Gasteiger partial charge in [-0.3, -0.25) is 4.98 Å². The van der Waals surface area contributed by atoms with Crippen LogP contribution in [0, 0.1) is 11.6 Å². The van der Waals surface area contributed by atoms with Crippen molar-refractivity contribution in [2.24, 2.45) is 0 Å². The van der Waals surface area contributed by atoms with Gasteiger partial charge in [0, 0.05) is 23.7 Å². The molecule has 0 aliphatic heterocycles. The second-order valence-corrected chi connectivity index (χ2v) is 8.03. The lowest BCUT2D eigenvalue weighted by atomic mass is 9.65. The van der Waals surface area contributed by atoms with E-state index in [0.29, 0.717) is 15.7 Å². The largest absolute Gasteiger partial charge is 0.359 e. The van der Waals surface area contributed by atoms with Gasteiger partial charge < -0.3 is 5.32 Å². The molecule has 1 saturated carbocycles. The average Bonchev–Trinajstić information content (AvgIpc) is 3.14. The first-order valence-corrected chi connectivity index (χ1v) is 9.93. The first-order chi connectivity index (χ1) is 13.5. The van der Waals surface area contributed by atoms with Crippen LogP contribution < -0.4 is 5.32 Å². The summed E-state index contributed by atoms with van der Waals surface area (Å²) < 4.78 is 42.0. The van der Waals surface area contributed by atoms with Crippen LogP contribution in [0.1, 0.15) is 31.0 Å². The molecule has 2 heterocycles. The van der Waals surface area contributed by atoms with Gasteiger partial charge in [-0.2, -0.15) is 0 Å². The van der Waals surface area contributed by atoms with Crippen LogP contribution in [0.15, 0.2) is 36.5 Å². The van der Waals surface area contributed by atoms with E-state index in [4.69, 9.17) is 0 Å². The van der Waals surface area contributed by atoms with E-state index in [0.717, 1.165) is 12.0 Å². The third-order valence-electron chi connectivity index (χ3n) is 5.16. The number of anilines is 1. The number of pyridine rings is 1. The minimum atomic E-state index is -0.973. The SMILES string of the molecule is CCc1ccc(F)c(-c2nnc(NCC3(c4ncccc4F)CC(F)C3)s2)c1. The second-order valence-electron chi connectivity index (χ2n) is 7.05. The fourth-order valence-corrected chi connectivity index (χ4v) is 4.35. The Balaban J connectivity index is 1.54. The molecule has 28 heavy (non-hydrogen) atoms. The van der Waals surface area contributed by atoms with Gasteiger partial charge in [0.2, 0.25) is 5.13 Å². The first-order valence-electron chi connectivity index (χ1n) is 9.12. The minimum absolute atomic E-state index is 0.201. The van der Waals surface area contributed by atoms with E-state index < -0.39 is 17.4 Å². The fourth-order valence-electron chi connectivity index (χ4n) is 3.59. The molecule has 1 aliphatic carbocycles. The topological polar surface area (TPSA) is 50.7 Å². The van der Waals surface area contributed by atoms with Crippen LogP contribution in [0.5, 0.6) is 0 Å². The summed E-state index contributed by atoms with van der Waals surface area (Å²) in [5, 5.41) is 12.2. The Morgan fingerprint density at radius 3 is 2.71 bits per heavy atom. The summed E-state index contributed by atoms with van der Waals surface area (Å²) in [5.74, 6) is -0.793. The summed E-state index contributed by atoms with van der Waals surface area (Å²) >= 11 is 1.21. The number of hydrogen-bond donors (Lipinski definition) is 1. The molecule has 146 valence electrons. The van der Waals surface area contributed by atoms with Gasteiger partial charge in [-0.25, -0.2) is 13.2 Å². The molecule has 0 unspecified atom stereocenters. The maximum atomic E-state index is 14.2. The normalized spacial score (nSPS) is 21.4. The summed E-state index contributed by atoms with van der Waals surface area (Å²) in [6.45, 7) is 2.28. The van der Waals surface area contributed by atoms with E-state index in [1.807, 2.05) is 6.92 Å². The van der Waals surface area contributed by atoms with E-state index in [2.05, 4.69) is 20.5 Å². The zero-order chi connectivity index (χ0) is 19.7. The summed E-state index contributed by atoms with van der Waals surface area (Å²) in [4.78, 5) is 4.14. The molecule has 0 saturated heterocycles. The van der Waals surface area contributed by atoms with Gasteiger partial charge in [0.1, 0.15) is 17.8 Å². The highest BCUT2D eigenvalue weighted by Gasteiger charge is 2.48. The van der Waals surface area contributed by atoms with E-state index in [1.54, 1.807) is 12.1 Å². The number of nitrogens with one attached hydrogen (secondary N) is 1. The maximum absolute atomic E-state index is 14.2. The molecule has 1 N–H and O–H groups in total. The molecule has 2 aromatic heterocycles. The number of aryl methyl sites for hydroxylation is 1. The van der Waals surface area contributed by atoms with Crippen molar-refractivity contribution in [1.82, 2.24) is 15.2 Å². The molecule has 0 atom stereocenters. The summed E-state index contributed by atoms with van der Waals surface area (Å²) in [6.07, 6.45) is 1.73. The van der Waals surface area contributed by atoms with Gasteiger partial charge in [-0.1, -0.05) is 24.3 Å². The first kappa shape index (κ1) is 18.9. The van der Waals surface area contributed by atoms with Crippen molar-refractivity contribution in [3.8, 4) is 10.6 Å². The fraction of sp³-hybridized carbons (Fsp3) is 0.350. The van der Waals surface area contributed by atoms with Crippen molar-refractivity contribution < 1.29 is 13.2 Å². The van der Waals surface area contributed by atoms with Gasteiger partial charge in [0.15, 0.2) is 5.01 Å². The van der Waals surface area contributed by atoms with E-state index in [9.17, 15) is 13.2 Å². The van der Waals surface area contributed by atoms with Crippen LogP contribution >= 0.6 is 11.3 Å². The lowest BCUT2D eigenvalue weighted by Gasteiger charge is -2.43. The molecule has 8 heteroatoms. The van der Waals surface area contributed by atoms with Crippen molar-refractivity contribution in [2.45, 2.75) is 37.8 Å². The Hall–Kier alpha value is -2.48. The lowest BCUT2D eigenvalue weighted by molar-refractivity contribution is 0.0965. The third-order valence-corrected chi connectivity index (χ3v) is 6.07. The Kier molecular flexibility index (Phi) is 5.05. The molecule has 0 spiro atoms. The number of rotatable bonds is 6. The van der Waals surface area contributed by atoms with Gasteiger partial charge in [0.25, 0.3) is 0 Å². The molecule has 4 rings (SSSR count). The molecule has 1 aromatic carbocycles.